The first-order valence-corrected chi connectivity index (χ1v) is 6.25. The second kappa shape index (κ2) is 6.21. The lowest BCUT2D eigenvalue weighted by Gasteiger charge is -2.01. The van der Waals surface area contributed by atoms with Crippen molar-refractivity contribution in [3.05, 3.63) is 36.7 Å². The van der Waals surface area contributed by atoms with Gasteiger partial charge in [0, 0.05) is 37.2 Å². The fourth-order valence-corrected chi connectivity index (χ4v) is 1.78. The molecule has 0 amide bonds. The highest BCUT2D eigenvalue weighted by Gasteiger charge is 2.01. The van der Waals surface area contributed by atoms with Crippen molar-refractivity contribution in [3.63, 3.8) is 0 Å². The van der Waals surface area contributed by atoms with Crippen LogP contribution in [0, 0.1) is 0 Å². The standard InChI is InChI=1S/C14H19N3O/c1-2-18-9-3-8-17-11-13(10-16-17)12-4-6-14(15)7-5-12/h4-7,10-11H,2-3,8-9,15H2,1H3. The van der Waals surface area contributed by atoms with Gasteiger partial charge in [0.15, 0.2) is 0 Å². The maximum Gasteiger partial charge on any atom is 0.0568 e. The minimum absolute atomic E-state index is 0.774. The highest BCUT2D eigenvalue weighted by Crippen LogP contribution is 2.19. The van der Waals surface area contributed by atoms with Crippen molar-refractivity contribution in [2.75, 3.05) is 18.9 Å². The molecule has 1 heterocycles. The summed E-state index contributed by atoms with van der Waals surface area (Å²) in [6, 6.07) is 7.83. The molecule has 2 N–H and O–H groups in total. The van der Waals surface area contributed by atoms with E-state index in [1.165, 1.54) is 0 Å². The molecule has 0 aliphatic carbocycles. The van der Waals surface area contributed by atoms with Gasteiger partial charge in [0.05, 0.1) is 6.20 Å². The molecule has 0 saturated heterocycles. The Morgan fingerprint density at radius 2 is 2.00 bits per heavy atom. The SMILES string of the molecule is CCOCCCn1cc(-c2ccc(N)cc2)cn1. The van der Waals surface area contributed by atoms with Gasteiger partial charge in [0.2, 0.25) is 0 Å². The van der Waals surface area contributed by atoms with Crippen molar-refractivity contribution in [1.29, 1.82) is 0 Å². The number of hydrogen-bond donors (Lipinski definition) is 1. The first-order valence-electron chi connectivity index (χ1n) is 6.25. The second-order valence-corrected chi connectivity index (χ2v) is 4.16. The number of nitrogens with two attached hydrogens (primary N) is 1. The monoisotopic (exact) mass is 245 g/mol. The molecule has 0 unspecified atom stereocenters. The van der Waals surface area contributed by atoms with Crippen LogP contribution in [-0.2, 0) is 11.3 Å². The number of rotatable bonds is 6. The van der Waals surface area contributed by atoms with E-state index in [0.29, 0.717) is 0 Å². The third kappa shape index (κ3) is 3.34. The maximum atomic E-state index is 5.67. The Bertz CT molecular complexity index is 476. The van der Waals surface area contributed by atoms with E-state index in [1.807, 2.05) is 42.1 Å². The van der Waals surface area contributed by atoms with E-state index < -0.39 is 0 Å². The number of nitrogens with zero attached hydrogens (tertiary/aromatic N) is 2. The Morgan fingerprint density at radius 1 is 1.22 bits per heavy atom. The molecule has 1 aromatic carbocycles. The van der Waals surface area contributed by atoms with Crippen molar-refractivity contribution in [2.24, 2.45) is 0 Å². The van der Waals surface area contributed by atoms with E-state index in [-0.39, 0.29) is 0 Å². The molecular weight excluding hydrogens is 226 g/mol. The smallest absolute Gasteiger partial charge is 0.0568 e. The van der Waals surface area contributed by atoms with Gasteiger partial charge in [0.1, 0.15) is 0 Å². The largest absolute Gasteiger partial charge is 0.399 e. The Morgan fingerprint density at radius 3 is 2.72 bits per heavy atom. The summed E-state index contributed by atoms with van der Waals surface area (Å²) in [6.07, 6.45) is 4.92. The molecule has 0 atom stereocenters. The van der Waals surface area contributed by atoms with Crippen LogP contribution in [0.5, 0.6) is 0 Å². The third-order valence-corrected chi connectivity index (χ3v) is 2.76. The molecule has 96 valence electrons. The number of aryl methyl sites for hydroxylation is 1. The first-order chi connectivity index (χ1) is 8.79. The van der Waals surface area contributed by atoms with Gasteiger partial charge in [-0.25, -0.2) is 0 Å². The number of benzene rings is 1. The van der Waals surface area contributed by atoms with Crippen LogP contribution in [0.4, 0.5) is 5.69 Å². The van der Waals surface area contributed by atoms with E-state index in [0.717, 1.165) is 43.0 Å². The normalized spacial score (nSPS) is 10.7. The summed E-state index contributed by atoms with van der Waals surface area (Å²) in [5.74, 6) is 0. The summed E-state index contributed by atoms with van der Waals surface area (Å²) in [5, 5.41) is 4.34. The molecule has 4 heteroatoms. The van der Waals surface area contributed by atoms with Gasteiger partial charge in [-0.15, -0.1) is 0 Å². The minimum Gasteiger partial charge on any atom is -0.399 e. The van der Waals surface area contributed by atoms with Crippen LogP contribution in [0.2, 0.25) is 0 Å². The summed E-state index contributed by atoms with van der Waals surface area (Å²) < 4.78 is 7.25. The van der Waals surface area contributed by atoms with Gasteiger partial charge < -0.3 is 10.5 Å². The van der Waals surface area contributed by atoms with Crippen molar-refractivity contribution in [2.45, 2.75) is 19.9 Å². The summed E-state index contributed by atoms with van der Waals surface area (Å²) in [6.45, 7) is 4.45. The molecule has 2 rings (SSSR count). The second-order valence-electron chi connectivity index (χ2n) is 4.16. The lowest BCUT2D eigenvalue weighted by atomic mass is 10.1. The van der Waals surface area contributed by atoms with Crippen molar-refractivity contribution >= 4 is 5.69 Å². The molecule has 0 aliphatic rings. The Hall–Kier alpha value is -1.81. The summed E-state index contributed by atoms with van der Waals surface area (Å²) in [7, 11) is 0. The van der Waals surface area contributed by atoms with Crippen LogP contribution in [0.3, 0.4) is 0 Å². The van der Waals surface area contributed by atoms with Crippen LogP contribution < -0.4 is 5.73 Å². The Labute approximate surface area is 107 Å². The first kappa shape index (κ1) is 12.6. The van der Waals surface area contributed by atoms with Gasteiger partial charge >= 0.3 is 0 Å². The fourth-order valence-electron chi connectivity index (χ4n) is 1.78. The minimum atomic E-state index is 0.774. The van der Waals surface area contributed by atoms with E-state index >= 15 is 0 Å². The predicted molar refractivity (Wildman–Crippen MR) is 73.2 cm³/mol. The third-order valence-electron chi connectivity index (χ3n) is 2.76. The van der Waals surface area contributed by atoms with Crippen LogP contribution in [-0.4, -0.2) is 23.0 Å². The van der Waals surface area contributed by atoms with Crippen LogP contribution >= 0.6 is 0 Å². The number of nitrogen functional groups attached to an aromatic ring is 1. The average Bonchev–Trinajstić information content (AvgIpc) is 2.84. The van der Waals surface area contributed by atoms with Crippen molar-refractivity contribution in [3.8, 4) is 11.1 Å². The molecule has 18 heavy (non-hydrogen) atoms. The molecule has 1 aromatic heterocycles. The Kier molecular flexibility index (Phi) is 4.36. The zero-order valence-electron chi connectivity index (χ0n) is 10.7. The van der Waals surface area contributed by atoms with Crippen LogP contribution in [0.1, 0.15) is 13.3 Å². The summed E-state index contributed by atoms with van der Waals surface area (Å²) >= 11 is 0. The lowest BCUT2D eigenvalue weighted by molar-refractivity contribution is 0.141. The van der Waals surface area contributed by atoms with Crippen LogP contribution in [0.15, 0.2) is 36.7 Å². The zero-order chi connectivity index (χ0) is 12.8. The molecule has 0 saturated carbocycles. The van der Waals surface area contributed by atoms with E-state index in [1.54, 1.807) is 0 Å². The van der Waals surface area contributed by atoms with Crippen molar-refractivity contribution < 1.29 is 4.74 Å². The number of aromatic nitrogens is 2. The van der Waals surface area contributed by atoms with Crippen molar-refractivity contribution in [1.82, 2.24) is 9.78 Å². The number of anilines is 1. The number of hydrogen-bond acceptors (Lipinski definition) is 3. The topological polar surface area (TPSA) is 53.1 Å². The molecule has 0 fully saturated rings. The van der Waals surface area contributed by atoms with Crippen LogP contribution in [0.25, 0.3) is 11.1 Å². The van der Waals surface area contributed by atoms with Gasteiger partial charge in [-0.05, 0) is 31.0 Å². The van der Waals surface area contributed by atoms with E-state index in [9.17, 15) is 0 Å². The predicted octanol–water partition coefficient (Wildman–Crippen LogP) is 2.56. The summed E-state index contributed by atoms with van der Waals surface area (Å²) in [5.41, 5.74) is 8.71. The molecular formula is C14H19N3O. The molecule has 0 spiro atoms. The molecule has 4 nitrogen and oxygen atoms in total. The molecule has 0 aliphatic heterocycles. The molecule has 0 radical (unpaired) electrons. The van der Waals surface area contributed by atoms with E-state index in [2.05, 4.69) is 11.3 Å². The summed E-state index contributed by atoms with van der Waals surface area (Å²) in [4.78, 5) is 0. The van der Waals surface area contributed by atoms with Gasteiger partial charge in [-0.2, -0.15) is 5.10 Å². The molecule has 2 aromatic rings. The number of ether oxygens (including phenoxy) is 1. The average molecular weight is 245 g/mol. The van der Waals surface area contributed by atoms with Gasteiger partial charge in [-0.1, -0.05) is 12.1 Å². The molecule has 0 bridgehead atoms. The van der Waals surface area contributed by atoms with Gasteiger partial charge in [0.25, 0.3) is 0 Å². The quantitative estimate of drug-likeness (QED) is 0.628. The zero-order valence-corrected chi connectivity index (χ0v) is 10.7. The lowest BCUT2D eigenvalue weighted by Crippen LogP contribution is -2.02. The Balaban J connectivity index is 1.95. The highest BCUT2D eigenvalue weighted by molar-refractivity contribution is 5.63. The van der Waals surface area contributed by atoms with E-state index in [4.69, 9.17) is 10.5 Å². The maximum absolute atomic E-state index is 5.67. The van der Waals surface area contributed by atoms with Gasteiger partial charge in [-0.3, -0.25) is 4.68 Å². The fraction of sp³-hybridized carbons (Fsp3) is 0.357. The highest BCUT2D eigenvalue weighted by atomic mass is 16.5.